The summed E-state index contributed by atoms with van der Waals surface area (Å²) in [6, 6.07) is 14.3. The fraction of sp³-hybridized carbons (Fsp3) is 0.333. The molecule has 2 aromatic carbocycles. The second kappa shape index (κ2) is 6.83. The Morgan fingerprint density at radius 1 is 1.08 bits per heavy atom. The maximum atomic E-state index is 12.4. The van der Waals surface area contributed by atoms with E-state index in [0.717, 1.165) is 36.0 Å². The van der Waals surface area contributed by atoms with Crippen molar-refractivity contribution < 1.29 is 9.59 Å². The van der Waals surface area contributed by atoms with Gasteiger partial charge in [0.05, 0.1) is 6.54 Å². The molecule has 0 radical (unpaired) electrons. The van der Waals surface area contributed by atoms with Gasteiger partial charge >= 0.3 is 0 Å². The highest BCUT2D eigenvalue weighted by Gasteiger charge is 2.20. The molecule has 0 saturated carbocycles. The first-order valence-electron chi connectivity index (χ1n) is 9.26. The molecule has 3 aromatic rings. The Morgan fingerprint density at radius 2 is 1.88 bits per heavy atom. The zero-order chi connectivity index (χ0) is 18.1. The molecule has 5 nitrogen and oxygen atoms in total. The number of carbonyl (C=O) groups excluding carboxylic acids is 2. The topological polar surface area (TPSA) is 54.3 Å². The molecule has 1 fully saturated rings. The minimum Gasteiger partial charge on any atom is -0.341 e. The Morgan fingerprint density at radius 3 is 2.69 bits per heavy atom. The third-order valence-corrected chi connectivity index (χ3v) is 5.13. The van der Waals surface area contributed by atoms with Crippen molar-refractivity contribution in [3.05, 3.63) is 42.5 Å². The van der Waals surface area contributed by atoms with Crippen molar-refractivity contribution in [2.24, 2.45) is 0 Å². The van der Waals surface area contributed by atoms with Crippen molar-refractivity contribution in [1.82, 2.24) is 9.47 Å². The minimum atomic E-state index is -0.140. The largest absolute Gasteiger partial charge is 0.341 e. The van der Waals surface area contributed by atoms with Crippen molar-refractivity contribution in [3.8, 4) is 0 Å². The van der Waals surface area contributed by atoms with Crippen LogP contribution in [0.25, 0.3) is 21.8 Å². The Labute approximate surface area is 152 Å². The van der Waals surface area contributed by atoms with E-state index >= 15 is 0 Å². The maximum absolute atomic E-state index is 12.4. The van der Waals surface area contributed by atoms with Crippen LogP contribution in [0.15, 0.2) is 42.5 Å². The van der Waals surface area contributed by atoms with E-state index in [1.165, 1.54) is 10.9 Å². The molecule has 1 aromatic heterocycles. The van der Waals surface area contributed by atoms with E-state index < -0.39 is 0 Å². The number of anilines is 1. The first-order valence-corrected chi connectivity index (χ1v) is 9.26. The average Bonchev–Trinajstić information content (AvgIpc) is 2.97. The number of nitrogens with one attached hydrogen (secondary N) is 1. The number of likely N-dealkylation sites (tertiary alicyclic amines) is 1. The molecule has 1 saturated heterocycles. The van der Waals surface area contributed by atoms with Gasteiger partial charge in [-0.05, 0) is 44.0 Å². The van der Waals surface area contributed by atoms with E-state index in [1.54, 1.807) is 4.90 Å². The molecule has 134 valence electrons. The summed E-state index contributed by atoms with van der Waals surface area (Å²) in [5.74, 6) is -0.0632. The maximum Gasteiger partial charge on any atom is 0.243 e. The highest BCUT2D eigenvalue weighted by Crippen LogP contribution is 2.30. The summed E-state index contributed by atoms with van der Waals surface area (Å²) < 4.78 is 2.28. The number of piperidine rings is 1. The molecule has 2 heterocycles. The van der Waals surface area contributed by atoms with E-state index in [0.29, 0.717) is 13.0 Å². The van der Waals surface area contributed by atoms with Crippen LogP contribution in [0, 0.1) is 0 Å². The van der Waals surface area contributed by atoms with Gasteiger partial charge in [0.1, 0.15) is 0 Å². The highest BCUT2D eigenvalue weighted by atomic mass is 16.2. The number of rotatable bonds is 4. The molecule has 1 N–H and O–H groups in total. The number of amides is 2. The van der Waals surface area contributed by atoms with Gasteiger partial charge in [0, 0.05) is 47.0 Å². The molecule has 0 bridgehead atoms. The fourth-order valence-electron chi connectivity index (χ4n) is 3.87. The van der Waals surface area contributed by atoms with Crippen LogP contribution >= 0.6 is 0 Å². The van der Waals surface area contributed by atoms with Gasteiger partial charge in [-0.25, -0.2) is 0 Å². The molecule has 0 spiro atoms. The zero-order valence-electron chi connectivity index (χ0n) is 15.0. The van der Waals surface area contributed by atoms with Gasteiger partial charge in [-0.2, -0.15) is 0 Å². The van der Waals surface area contributed by atoms with Crippen molar-refractivity contribution >= 4 is 39.3 Å². The molecule has 4 rings (SSSR count). The third kappa shape index (κ3) is 2.94. The van der Waals surface area contributed by atoms with E-state index in [9.17, 15) is 9.59 Å². The van der Waals surface area contributed by atoms with E-state index in [-0.39, 0.29) is 18.4 Å². The lowest BCUT2D eigenvalue weighted by Crippen LogP contribution is -2.40. The van der Waals surface area contributed by atoms with Crippen molar-refractivity contribution in [2.75, 3.05) is 18.4 Å². The number of para-hydroxylation sites is 1. The summed E-state index contributed by atoms with van der Waals surface area (Å²) in [5, 5.41) is 5.27. The van der Waals surface area contributed by atoms with E-state index in [2.05, 4.69) is 35.0 Å². The molecule has 26 heavy (non-hydrogen) atoms. The lowest BCUT2D eigenvalue weighted by Gasteiger charge is -2.25. The van der Waals surface area contributed by atoms with Gasteiger partial charge in [0.15, 0.2) is 0 Å². The number of aromatic nitrogens is 1. The molecule has 1 aliphatic heterocycles. The average molecular weight is 349 g/mol. The second-order valence-corrected chi connectivity index (χ2v) is 6.81. The highest BCUT2D eigenvalue weighted by molar-refractivity contribution is 6.10. The van der Waals surface area contributed by atoms with E-state index in [1.807, 2.05) is 24.3 Å². The van der Waals surface area contributed by atoms with Crippen LogP contribution in [0.5, 0.6) is 0 Å². The number of benzene rings is 2. The van der Waals surface area contributed by atoms with Crippen molar-refractivity contribution in [2.45, 2.75) is 32.7 Å². The molecular formula is C21H23N3O2. The Hall–Kier alpha value is -2.82. The van der Waals surface area contributed by atoms with Gasteiger partial charge < -0.3 is 14.8 Å². The number of carbonyl (C=O) groups is 2. The molecule has 0 aliphatic carbocycles. The molecule has 1 aliphatic rings. The SMILES string of the molecule is CCn1c2ccccc2c2cc(NC(=O)CN3CCCCC3=O)ccc21. The Kier molecular flexibility index (Phi) is 4.37. The summed E-state index contributed by atoms with van der Waals surface area (Å²) in [6.45, 7) is 3.84. The summed E-state index contributed by atoms with van der Waals surface area (Å²) in [4.78, 5) is 25.9. The smallest absolute Gasteiger partial charge is 0.243 e. The van der Waals surface area contributed by atoms with Gasteiger partial charge in [-0.1, -0.05) is 18.2 Å². The Bertz CT molecular complexity index is 989. The number of hydrogen-bond donors (Lipinski definition) is 1. The molecule has 5 heteroatoms. The predicted molar refractivity (Wildman–Crippen MR) is 104 cm³/mol. The fourth-order valence-corrected chi connectivity index (χ4v) is 3.87. The molecular weight excluding hydrogens is 326 g/mol. The normalized spacial score (nSPS) is 15.0. The lowest BCUT2D eigenvalue weighted by molar-refractivity contribution is -0.136. The lowest BCUT2D eigenvalue weighted by atomic mass is 10.1. The summed E-state index contributed by atoms with van der Waals surface area (Å²) in [6.07, 6.45) is 2.45. The molecule has 0 atom stereocenters. The van der Waals surface area contributed by atoms with Gasteiger partial charge in [0.25, 0.3) is 0 Å². The van der Waals surface area contributed by atoms with Crippen LogP contribution in [-0.4, -0.2) is 34.4 Å². The standard InChI is InChI=1S/C21H23N3O2/c1-2-24-18-8-4-3-7-16(18)17-13-15(10-11-19(17)24)22-20(25)14-23-12-6-5-9-21(23)26/h3-4,7-8,10-11,13H,2,5-6,9,12,14H2,1H3,(H,22,25). The predicted octanol–water partition coefficient (Wildman–Crippen LogP) is 3.77. The first-order chi connectivity index (χ1) is 12.7. The minimum absolute atomic E-state index is 0.0767. The van der Waals surface area contributed by atoms with Crippen LogP contribution in [0.3, 0.4) is 0 Å². The quantitative estimate of drug-likeness (QED) is 0.780. The van der Waals surface area contributed by atoms with Crippen LogP contribution < -0.4 is 5.32 Å². The Balaban J connectivity index is 1.60. The van der Waals surface area contributed by atoms with Crippen LogP contribution in [0.4, 0.5) is 5.69 Å². The molecule has 2 amide bonds. The van der Waals surface area contributed by atoms with Gasteiger partial charge in [-0.3, -0.25) is 9.59 Å². The first kappa shape index (κ1) is 16.6. The summed E-state index contributed by atoms with van der Waals surface area (Å²) >= 11 is 0. The van der Waals surface area contributed by atoms with Crippen molar-refractivity contribution in [3.63, 3.8) is 0 Å². The number of fused-ring (bicyclic) bond motifs is 3. The molecule has 0 unspecified atom stereocenters. The van der Waals surface area contributed by atoms with Crippen LogP contribution in [-0.2, 0) is 16.1 Å². The zero-order valence-corrected chi connectivity index (χ0v) is 15.0. The summed E-state index contributed by atoms with van der Waals surface area (Å²) in [7, 11) is 0. The summed E-state index contributed by atoms with van der Waals surface area (Å²) in [5.41, 5.74) is 3.14. The van der Waals surface area contributed by atoms with Crippen molar-refractivity contribution in [1.29, 1.82) is 0 Å². The van der Waals surface area contributed by atoms with E-state index in [4.69, 9.17) is 0 Å². The van der Waals surface area contributed by atoms with Gasteiger partial charge in [-0.15, -0.1) is 0 Å². The number of hydrogen-bond acceptors (Lipinski definition) is 2. The van der Waals surface area contributed by atoms with Crippen LogP contribution in [0.2, 0.25) is 0 Å². The number of aryl methyl sites for hydroxylation is 1. The van der Waals surface area contributed by atoms with Crippen LogP contribution in [0.1, 0.15) is 26.2 Å². The monoisotopic (exact) mass is 349 g/mol. The van der Waals surface area contributed by atoms with Gasteiger partial charge in [0.2, 0.25) is 11.8 Å². The second-order valence-electron chi connectivity index (χ2n) is 6.81. The number of nitrogens with zero attached hydrogens (tertiary/aromatic N) is 2. The third-order valence-electron chi connectivity index (χ3n) is 5.13.